The van der Waals surface area contributed by atoms with Gasteiger partial charge in [-0.25, -0.2) is 0 Å². The molecule has 0 unspecified atom stereocenters. The van der Waals surface area contributed by atoms with Crippen LogP contribution in [0.2, 0.25) is 0 Å². The number of aryl methyl sites for hydroxylation is 1. The number of nitrogens with zero attached hydrogens (tertiary/aromatic N) is 2. The third kappa shape index (κ3) is 2.98. The second-order valence-corrected chi connectivity index (χ2v) is 3.53. The number of aromatic nitrogens is 2. The van der Waals surface area contributed by atoms with Crippen molar-refractivity contribution in [1.82, 2.24) is 15.1 Å². The normalized spacial score (nSPS) is 15.6. The summed E-state index contributed by atoms with van der Waals surface area (Å²) in [6.07, 6.45) is -4.12. The van der Waals surface area contributed by atoms with Crippen LogP contribution in [0.5, 0.6) is 0 Å². The van der Waals surface area contributed by atoms with Crippen LogP contribution in [0, 0.1) is 6.92 Å². The molecule has 92 valence electrons. The molecule has 3 nitrogen and oxygen atoms in total. The summed E-state index contributed by atoms with van der Waals surface area (Å²) in [5.41, 5.74) is 2.52. The number of fused-ring (bicyclic) bond motifs is 1. The van der Waals surface area contributed by atoms with Crippen molar-refractivity contribution in [3.63, 3.8) is 0 Å². The Balaban J connectivity index is 0.000000606. The maximum atomic E-state index is 12.1. The molecular weight excluding hydrogens is 219 g/mol. The van der Waals surface area contributed by atoms with Gasteiger partial charge in [0.05, 0.1) is 12.2 Å². The Kier molecular flexibility index (Phi) is 3.96. The molecule has 0 saturated carbocycles. The lowest BCUT2D eigenvalue weighted by atomic mass is 10.2. The van der Waals surface area contributed by atoms with Gasteiger partial charge in [0, 0.05) is 24.3 Å². The number of nitrogens with one attached hydrogen (secondary N) is 1. The van der Waals surface area contributed by atoms with Gasteiger partial charge in [-0.15, -0.1) is 0 Å². The predicted octanol–water partition coefficient (Wildman–Crippen LogP) is 2.62. The van der Waals surface area contributed by atoms with Gasteiger partial charge in [-0.3, -0.25) is 10.00 Å². The van der Waals surface area contributed by atoms with Crippen molar-refractivity contribution < 1.29 is 13.2 Å². The number of rotatable bonds is 1. The van der Waals surface area contributed by atoms with Crippen molar-refractivity contribution in [2.45, 2.75) is 40.0 Å². The Bertz CT molecular complexity index is 344. The van der Waals surface area contributed by atoms with E-state index in [-0.39, 0.29) is 0 Å². The lowest BCUT2D eigenvalue weighted by Crippen LogP contribution is -2.30. The van der Waals surface area contributed by atoms with Crippen LogP contribution in [0.1, 0.15) is 30.8 Å². The minimum absolute atomic E-state index is 0.291. The first kappa shape index (κ1) is 13.0. The van der Waals surface area contributed by atoms with Gasteiger partial charge >= 0.3 is 6.18 Å². The summed E-state index contributed by atoms with van der Waals surface area (Å²) in [5.74, 6) is 0. The first-order valence-electron chi connectivity index (χ1n) is 5.27. The van der Waals surface area contributed by atoms with Crippen LogP contribution in [0.3, 0.4) is 0 Å². The van der Waals surface area contributed by atoms with E-state index in [1.807, 2.05) is 20.8 Å². The highest BCUT2D eigenvalue weighted by atomic mass is 19.4. The van der Waals surface area contributed by atoms with Crippen LogP contribution >= 0.6 is 0 Å². The number of halogens is 3. The molecule has 2 rings (SSSR count). The molecule has 6 heteroatoms. The van der Waals surface area contributed by atoms with E-state index in [4.69, 9.17) is 0 Å². The number of hydrogen-bond acceptors (Lipinski definition) is 2. The molecule has 0 saturated heterocycles. The Morgan fingerprint density at radius 1 is 1.31 bits per heavy atom. The maximum Gasteiger partial charge on any atom is 0.401 e. The Hall–Kier alpha value is -1.04. The molecule has 0 atom stereocenters. The standard InChI is InChI=1S/C8H10F3N3.C2H6/c1-5-6-2-14(4-8(9,10)11)3-7(6)13-12-5;1-2/h2-4H2,1H3,(H,12,13);1-2H3. The van der Waals surface area contributed by atoms with Gasteiger partial charge in [0.15, 0.2) is 0 Å². The van der Waals surface area contributed by atoms with E-state index in [1.54, 1.807) is 0 Å². The molecule has 0 radical (unpaired) electrons. The summed E-state index contributed by atoms with van der Waals surface area (Å²) < 4.78 is 36.2. The molecule has 16 heavy (non-hydrogen) atoms. The van der Waals surface area contributed by atoms with E-state index < -0.39 is 12.7 Å². The van der Waals surface area contributed by atoms with Gasteiger partial charge in [-0.05, 0) is 6.92 Å². The molecule has 1 aliphatic rings. The van der Waals surface area contributed by atoms with Gasteiger partial charge in [0.25, 0.3) is 0 Å². The predicted molar refractivity (Wildman–Crippen MR) is 54.8 cm³/mol. The fourth-order valence-electron chi connectivity index (χ4n) is 1.70. The summed E-state index contributed by atoms with van der Waals surface area (Å²) in [6, 6.07) is 0. The number of hydrogen-bond donors (Lipinski definition) is 1. The van der Waals surface area contributed by atoms with Crippen LogP contribution in [0.15, 0.2) is 0 Å². The molecule has 0 fully saturated rings. The highest BCUT2D eigenvalue weighted by Crippen LogP contribution is 2.26. The van der Waals surface area contributed by atoms with Crippen LogP contribution in [-0.4, -0.2) is 27.8 Å². The fraction of sp³-hybridized carbons (Fsp3) is 0.700. The molecule has 0 bridgehead atoms. The van der Waals surface area contributed by atoms with Crippen molar-refractivity contribution in [3.05, 3.63) is 17.0 Å². The molecule has 1 aliphatic heterocycles. The zero-order chi connectivity index (χ0) is 12.3. The van der Waals surface area contributed by atoms with E-state index in [1.165, 1.54) is 4.90 Å². The molecule has 1 N–H and O–H groups in total. The minimum Gasteiger partial charge on any atom is -0.285 e. The first-order chi connectivity index (χ1) is 7.46. The van der Waals surface area contributed by atoms with Gasteiger partial charge < -0.3 is 0 Å². The molecule has 0 spiro atoms. The van der Waals surface area contributed by atoms with Gasteiger partial charge in [-0.1, -0.05) is 13.8 Å². The average Bonchev–Trinajstić information content (AvgIpc) is 2.70. The van der Waals surface area contributed by atoms with Crippen molar-refractivity contribution in [3.8, 4) is 0 Å². The Labute approximate surface area is 92.6 Å². The summed E-state index contributed by atoms with van der Waals surface area (Å²) >= 11 is 0. The zero-order valence-corrected chi connectivity index (χ0v) is 9.65. The summed E-state index contributed by atoms with van der Waals surface area (Å²) in [4.78, 5) is 1.35. The lowest BCUT2D eigenvalue weighted by molar-refractivity contribution is -0.147. The second-order valence-electron chi connectivity index (χ2n) is 3.53. The highest BCUT2D eigenvalue weighted by molar-refractivity contribution is 5.27. The quantitative estimate of drug-likeness (QED) is 0.811. The van der Waals surface area contributed by atoms with Gasteiger partial charge in [0.2, 0.25) is 0 Å². The molecule has 0 amide bonds. The van der Waals surface area contributed by atoms with Crippen molar-refractivity contribution in [1.29, 1.82) is 0 Å². The minimum atomic E-state index is -4.12. The van der Waals surface area contributed by atoms with E-state index in [2.05, 4.69) is 10.2 Å². The third-order valence-electron chi connectivity index (χ3n) is 2.32. The molecular formula is C10H16F3N3. The SMILES string of the molecule is CC.Cc1[nH]nc2c1CN(CC(F)(F)F)C2. The third-order valence-corrected chi connectivity index (χ3v) is 2.32. The molecule has 0 aromatic carbocycles. The van der Waals surface area contributed by atoms with Crippen molar-refractivity contribution in [2.24, 2.45) is 0 Å². The number of H-pyrrole nitrogens is 1. The summed E-state index contributed by atoms with van der Waals surface area (Å²) in [5, 5.41) is 6.71. The summed E-state index contributed by atoms with van der Waals surface area (Å²) in [7, 11) is 0. The molecule has 1 aromatic heterocycles. The Morgan fingerprint density at radius 2 is 1.94 bits per heavy atom. The Morgan fingerprint density at radius 3 is 2.44 bits per heavy atom. The first-order valence-corrected chi connectivity index (χ1v) is 5.27. The largest absolute Gasteiger partial charge is 0.401 e. The zero-order valence-electron chi connectivity index (χ0n) is 9.65. The summed E-state index contributed by atoms with van der Waals surface area (Å²) in [6.45, 7) is 5.60. The second kappa shape index (κ2) is 4.86. The van der Waals surface area contributed by atoms with Gasteiger partial charge in [-0.2, -0.15) is 18.3 Å². The van der Waals surface area contributed by atoms with E-state index in [0.29, 0.717) is 13.1 Å². The molecule has 1 aromatic rings. The van der Waals surface area contributed by atoms with Crippen LogP contribution in [-0.2, 0) is 13.1 Å². The topological polar surface area (TPSA) is 31.9 Å². The smallest absolute Gasteiger partial charge is 0.285 e. The van der Waals surface area contributed by atoms with Crippen molar-refractivity contribution in [2.75, 3.05) is 6.54 Å². The maximum absolute atomic E-state index is 12.1. The highest BCUT2D eigenvalue weighted by Gasteiger charge is 2.34. The van der Waals surface area contributed by atoms with Crippen molar-refractivity contribution >= 4 is 0 Å². The fourth-order valence-corrected chi connectivity index (χ4v) is 1.70. The van der Waals surface area contributed by atoms with Crippen LogP contribution in [0.4, 0.5) is 13.2 Å². The molecule has 2 heterocycles. The number of aromatic amines is 1. The van der Waals surface area contributed by atoms with E-state index >= 15 is 0 Å². The lowest BCUT2D eigenvalue weighted by Gasteiger charge is -2.16. The van der Waals surface area contributed by atoms with Crippen LogP contribution < -0.4 is 0 Å². The number of alkyl halides is 3. The molecule has 0 aliphatic carbocycles. The van der Waals surface area contributed by atoms with Crippen LogP contribution in [0.25, 0.3) is 0 Å². The average molecular weight is 235 g/mol. The van der Waals surface area contributed by atoms with Gasteiger partial charge in [0.1, 0.15) is 0 Å². The van der Waals surface area contributed by atoms with E-state index in [9.17, 15) is 13.2 Å². The monoisotopic (exact) mass is 235 g/mol. The van der Waals surface area contributed by atoms with E-state index in [0.717, 1.165) is 17.0 Å².